The Morgan fingerprint density at radius 1 is 1.46 bits per heavy atom. The van der Waals surface area contributed by atoms with Crippen LogP contribution in [0.5, 0.6) is 0 Å². The van der Waals surface area contributed by atoms with Crippen LogP contribution in [0.25, 0.3) is 5.69 Å². The van der Waals surface area contributed by atoms with Gasteiger partial charge in [0.25, 0.3) is 0 Å². The van der Waals surface area contributed by atoms with Crippen LogP contribution in [0.2, 0.25) is 0 Å². The Morgan fingerprint density at radius 3 is 2.88 bits per heavy atom. The van der Waals surface area contributed by atoms with E-state index in [0.717, 1.165) is 12.8 Å². The van der Waals surface area contributed by atoms with Gasteiger partial charge in [-0.15, -0.1) is 0 Å². The van der Waals surface area contributed by atoms with Crippen LogP contribution < -0.4 is 5.32 Å². The van der Waals surface area contributed by atoms with Gasteiger partial charge < -0.3 is 10.4 Å². The van der Waals surface area contributed by atoms with E-state index in [-0.39, 0.29) is 24.7 Å². The lowest BCUT2D eigenvalue weighted by molar-refractivity contribution is -0.117. The lowest BCUT2D eigenvalue weighted by Crippen LogP contribution is -2.37. The number of carbonyl (C=O) groups excluding carboxylic acids is 1. The summed E-state index contributed by atoms with van der Waals surface area (Å²) >= 11 is 0. The van der Waals surface area contributed by atoms with Crippen LogP contribution in [0, 0.1) is 12.7 Å². The molecule has 7 heteroatoms. The van der Waals surface area contributed by atoms with Crippen molar-refractivity contribution in [2.24, 2.45) is 0 Å². The van der Waals surface area contributed by atoms with Gasteiger partial charge in [-0.1, -0.05) is 12.1 Å². The van der Waals surface area contributed by atoms with Gasteiger partial charge in [0.2, 0.25) is 5.91 Å². The first kappa shape index (κ1) is 16.6. The molecule has 0 saturated heterocycles. The van der Waals surface area contributed by atoms with E-state index in [1.54, 1.807) is 31.2 Å². The molecule has 2 aromatic rings. The number of para-hydroxylation sites is 1. The van der Waals surface area contributed by atoms with Gasteiger partial charge in [-0.2, -0.15) is 5.10 Å². The summed E-state index contributed by atoms with van der Waals surface area (Å²) < 4.78 is 15.4. The molecule has 1 heterocycles. The number of anilines is 1. The average molecular weight is 332 g/mol. The van der Waals surface area contributed by atoms with Gasteiger partial charge in [-0.25, -0.2) is 9.07 Å². The third kappa shape index (κ3) is 3.80. The molecule has 2 N–H and O–H groups in total. The van der Waals surface area contributed by atoms with E-state index in [0.29, 0.717) is 24.1 Å². The highest BCUT2D eigenvalue weighted by Gasteiger charge is 2.30. The van der Waals surface area contributed by atoms with Gasteiger partial charge >= 0.3 is 0 Å². The first-order valence-electron chi connectivity index (χ1n) is 8.05. The number of hydrogen-bond donors (Lipinski definition) is 2. The molecule has 1 fully saturated rings. The van der Waals surface area contributed by atoms with Gasteiger partial charge in [0, 0.05) is 18.7 Å². The zero-order valence-electron chi connectivity index (χ0n) is 13.6. The number of rotatable bonds is 7. The summed E-state index contributed by atoms with van der Waals surface area (Å²) in [7, 11) is 0. The fourth-order valence-corrected chi connectivity index (χ4v) is 2.72. The minimum absolute atomic E-state index is 0.0239. The van der Waals surface area contributed by atoms with E-state index in [1.165, 1.54) is 10.7 Å². The molecule has 6 nitrogen and oxygen atoms in total. The van der Waals surface area contributed by atoms with Crippen LogP contribution >= 0.6 is 0 Å². The Balaban J connectivity index is 1.75. The van der Waals surface area contributed by atoms with Crippen molar-refractivity contribution in [3.63, 3.8) is 0 Å². The summed E-state index contributed by atoms with van der Waals surface area (Å²) in [5, 5.41) is 16.2. The van der Waals surface area contributed by atoms with Gasteiger partial charge in [-0.3, -0.25) is 9.69 Å². The van der Waals surface area contributed by atoms with Gasteiger partial charge in [0.15, 0.2) is 0 Å². The Bertz CT molecular complexity index is 727. The number of aliphatic hydroxyl groups is 1. The quantitative estimate of drug-likeness (QED) is 0.810. The molecule has 1 amide bonds. The number of carbonyl (C=O) groups is 1. The number of hydrogen-bond acceptors (Lipinski definition) is 4. The number of aliphatic hydroxyl groups excluding tert-OH is 1. The summed E-state index contributed by atoms with van der Waals surface area (Å²) in [4.78, 5) is 14.3. The zero-order chi connectivity index (χ0) is 17.1. The Hall–Kier alpha value is -2.25. The van der Waals surface area contributed by atoms with E-state index in [2.05, 4.69) is 10.4 Å². The van der Waals surface area contributed by atoms with Gasteiger partial charge in [0.05, 0.1) is 18.8 Å². The molecule has 1 aromatic heterocycles. The van der Waals surface area contributed by atoms with E-state index in [1.807, 2.05) is 4.90 Å². The second kappa shape index (κ2) is 7.11. The summed E-state index contributed by atoms with van der Waals surface area (Å²) in [5.41, 5.74) is 0.971. The minimum atomic E-state index is -0.406. The van der Waals surface area contributed by atoms with Crippen LogP contribution in [0.1, 0.15) is 18.5 Å². The van der Waals surface area contributed by atoms with Crippen LogP contribution in [0.15, 0.2) is 30.3 Å². The van der Waals surface area contributed by atoms with Gasteiger partial charge in [-0.05, 0) is 31.9 Å². The lowest BCUT2D eigenvalue weighted by Gasteiger charge is -2.20. The van der Waals surface area contributed by atoms with Crippen molar-refractivity contribution in [2.45, 2.75) is 25.8 Å². The zero-order valence-corrected chi connectivity index (χ0v) is 13.6. The van der Waals surface area contributed by atoms with Crippen molar-refractivity contribution < 1.29 is 14.3 Å². The second-order valence-electron chi connectivity index (χ2n) is 6.01. The molecule has 0 radical (unpaired) electrons. The largest absolute Gasteiger partial charge is 0.395 e. The van der Waals surface area contributed by atoms with Crippen molar-refractivity contribution in [3.8, 4) is 5.69 Å². The molecule has 1 aromatic carbocycles. The molecule has 128 valence electrons. The van der Waals surface area contributed by atoms with E-state index in [9.17, 15) is 9.18 Å². The second-order valence-corrected chi connectivity index (χ2v) is 6.01. The van der Waals surface area contributed by atoms with Crippen molar-refractivity contribution in [1.82, 2.24) is 14.7 Å². The first-order valence-corrected chi connectivity index (χ1v) is 8.05. The summed E-state index contributed by atoms with van der Waals surface area (Å²) in [6, 6.07) is 8.37. The number of aryl methyl sites for hydroxylation is 1. The van der Waals surface area contributed by atoms with Gasteiger partial charge in [0.1, 0.15) is 17.3 Å². The molecular weight excluding hydrogens is 311 g/mol. The number of aromatic nitrogens is 2. The van der Waals surface area contributed by atoms with Crippen LogP contribution in [0.4, 0.5) is 10.2 Å². The molecule has 1 aliphatic carbocycles. The standard InChI is InChI=1S/C17H21FN4O2/c1-12-10-16(22(20-12)15-5-3-2-4-14(15)18)19-17(24)11-21(8-9-23)13-6-7-13/h2-5,10,13,23H,6-9,11H2,1H3,(H,19,24). The molecular formula is C17H21FN4O2. The van der Waals surface area contributed by atoms with E-state index < -0.39 is 5.82 Å². The molecule has 0 unspecified atom stereocenters. The number of halogens is 1. The molecule has 24 heavy (non-hydrogen) atoms. The maximum atomic E-state index is 14.0. The fourth-order valence-electron chi connectivity index (χ4n) is 2.72. The van der Waals surface area contributed by atoms with E-state index >= 15 is 0 Å². The predicted molar refractivity (Wildman–Crippen MR) is 88.6 cm³/mol. The highest BCUT2D eigenvalue weighted by atomic mass is 19.1. The van der Waals surface area contributed by atoms with Crippen LogP contribution in [-0.4, -0.2) is 51.4 Å². The fraction of sp³-hybridized carbons (Fsp3) is 0.412. The molecule has 1 saturated carbocycles. The molecule has 0 aliphatic heterocycles. The maximum absolute atomic E-state index is 14.0. The molecule has 1 aliphatic rings. The number of nitrogens with one attached hydrogen (secondary N) is 1. The number of benzene rings is 1. The summed E-state index contributed by atoms with van der Waals surface area (Å²) in [6.45, 7) is 2.49. The summed E-state index contributed by atoms with van der Waals surface area (Å²) in [5.74, 6) is -0.175. The minimum Gasteiger partial charge on any atom is -0.395 e. The molecule has 0 atom stereocenters. The van der Waals surface area contributed by atoms with Crippen LogP contribution in [-0.2, 0) is 4.79 Å². The number of amides is 1. The Kier molecular flexibility index (Phi) is 4.92. The van der Waals surface area contributed by atoms with E-state index in [4.69, 9.17) is 5.11 Å². The highest BCUT2D eigenvalue weighted by Crippen LogP contribution is 2.26. The topological polar surface area (TPSA) is 70.4 Å². The normalized spacial score (nSPS) is 14.2. The van der Waals surface area contributed by atoms with Crippen LogP contribution in [0.3, 0.4) is 0 Å². The highest BCUT2D eigenvalue weighted by molar-refractivity contribution is 5.91. The smallest absolute Gasteiger partial charge is 0.239 e. The average Bonchev–Trinajstić information content (AvgIpc) is 3.32. The van der Waals surface area contributed by atoms with Crippen molar-refractivity contribution in [2.75, 3.05) is 25.0 Å². The van der Waals surface area contributed by atoms with Crippen molar-refractivity contribution >= 4 is 11.7 Å². The molecule has 3 rings (SSSR count). The molecule has 0 bridgehead atoms. The van der Waals surface area contributed by atoms with Crippen molar-refractivity contribution in [3.05, 3.63) is 41.8 Å². The lowest BCUT2D eigenvalue weighted by atomic mass is 10.3. The SMILES string of the molecule is Cc1cc(NC(=O)CN(CCO)C2CC2)n(-c2ccccc2F)n1. The monoisotopic (exact) mass is 332 g/mol. The Morgan fingerprint density at radius 2 is 2.21 bits per heavy atom. The maximum Gasteiger partial charge on any atom is 0.239 e. The molecule has 0 spiro atoms. The first-order chi connectivity index (χ1) is 11.6. The number of nitrogens with zero attached hydrogens (tertiary/aromatic N) is 3. The third-order valence-electron chi connectivity index (χ3n) is 3.98. The Labute approximate surface area is 139 Å². The van der Waals surface area contributed by atoms with Crippen molar-refractivity contribution in [1.29, 1.82) is 0 Å². The predicted octanol–water partition coefficient (Wildman–Crippen LogP) is 1.72. The summed E-state index contributed by atoms with van der Waals surface area (Å²) in [6.07, 6.45) is 2.11. The third-order valence-corrected chi connectivity index (χ3v) is 3.98.